The third kappa shape index (κ3) is 5.73. The van der Waals surface area contributed by atoms with Crippen molar-refractivity contribution in [3.8, 4) is 11.5 Å². The molecule has 0 radical (unpaired) electrons. The number of fused-ring (bicyclic) bond motifs is 1. The van der Waals surface area contributed by atoms with Gasteiger partial charge in [0, 0.05) is 10.5 Å². The summed E-state index contributed by atoms with van der Waals surface area (Å²) in [5, 5.41) is 0. The van der Waals surface area contributed by atoms with Gasteiger partial charge < -0.3 is 14.2 Å². The van der Waals surface area contributed by atoms with E-state index in [2.05, 4.69) is 0 Å². The number of nitrogens with zero attached hydrogens (tertiary/aromatic N) is 2. The van der Waals surface area contributed by atoms with E-state index >= 15 is 0 Å². The number of rotatable bonds is 9. The average molecular weight is 587 g/mol. The second kappa shape index (κ2) is 12.6. The molecule has 1 atom stereocenters. The first-order chi connectivity index (χ1) is 20.0. The van der Waals surface area contributed by atoms with Crippen LogP contribution in [0.5, 0.6) is 11.5 Å². The van der Waals surface area contributed by atoms with E-state index in [1.807, 2.05) is 92.1 Å². The minimum Gasteiger partial charge on any atom is -0.493 e. The molecule has 3 aromatic carbocycles. The van der Waals surface area contributed by atoms with E-state index in [0.29, 0.717) is 38.7 Å². The maximum atomic E-state index is 14.1. The Morgan fingerprint density at radius 2 is 1.78 bits per heavy atom. The standard InChI is InChI=1S/C32H30N2O5S2/c1-5-38-24-17-12-20(18-25(24)37-3)19-26-30(35)34-29(22-13-15-23(40-4)16-14-22)27(31(36)39-6-2)28(33-32(34)41-26)21-10-8-7-9-11-21/h7-19,29H,5-6H2,1-4H3/b26-19-/t29-/m0/s1. The van der Waals surface area contributed by atoms with Gasteiger partial charge in [-0.3, -0.25) is 9.36 Å². The fourth-order valence-electron chi connectivity index (χ4n) is 4.74. The molecule has 0 fully saturated rings. The van der Waals surface area contributed by atoms with Gasteiger partial charge in [0.1, 0.15) is 0 Å². The van der Waals surface area contributed by atoms with Crippen molar-refractivity contribution < 1.29 is 19.0 Å². The molecule has 0 aliphatic carbocycles. The number of hydrogen-bond acceptors (Lipinski definition) is 8. The van der Waals surface area contributed by atoms with Gasteiger partial charge in [0.15, 0.2) is 16.3 Å². The predicted molar refractivity (Wildman–Crippen MR) is 163 cm³/mol. The van der Waals surface area contributed by atoms with Gasteiger partial charge in [-0.05, 0) is 61.6 Å². The van der Waals surface area contributed by atoms with Crippen LogP contribution in [0.25, 0.3) is 11.8 Å². The van der Waals surface area contributed by atoms with E-state index in [1.165, 1.54) is 11.3 Å². The van der Waals surface area contributed by atoms with Crippen molar-refractivity contribution in [3.05, 3.63) is 115 Å². The fraction of sp³-hybridized carbons (Fsp3) is 0.219. The van der Waals surface area contributed by atoms with Gasteiger partial charge in [-0.1, -0.05) is 59.9 Å². The lowest BCUT2D eigenvalue weighted by atomic mass is 9.93. The summed E-state index contributed by atoms with van der Waals surface area (Å²) < 4.78 is 18.8. The van der Waals surface area contributed by atoms with Gasteiger partial charge in [-0.2, -0.15) is 0 Å². The molecule has 0 unspecified atom stereocenters. The number of thiazole rings is 1. The molecule has 1 aromatic heterocycles. The second-order valence-corrected chi connectivity index (χ2v) is 10.9. The molecule has 0 N–H and O–H groups in total. The summed E-state index contributed by atoms with van der Waals surface area (Å²) in [7, 11) is 1.58. The fourth-order valence-corrected chi connectivity index (χ4v) is 6.15. The van der Waals surface area contributed by atoms with E-state index in [0.717, 1.165) is 21.6 Å². The number of methoxy groups -OCH3 is 1. The average Bonchev–Trinajstić information content (AvgIpc) is 3.31. The van der Waals surface area contributed by atoms with Crippen LogP contribution in [0.4, 0.5) is 0 Å². The molecule has 1 aliphatic rings. The summed E-state index contributed by atoms with van der Waals surface area (Å²) in [4.78, 5) is 34.1. The molecule has 1 aliphatic heterocycles. The Balaban J connectivity index is 1.77. The zero-order valence-electron chi connectivity index (χ0n) is 23.2. The van der Waals surface area contributed by atoms with Gasteiger partial charge in [0.25, 0.3) is 5.56 Å². The molecular formula is C32H30N2O5S2. The van der Waals surface area contributed by atoms with E-state index in [-0.39, 0.29) is 12.2 Å². The van der Waals surface area contributed by atoms with Crippen LogP contribution in [-0.2, 0) is 9.53 Å². The van der Waals surface area contributed by atoms with Crippen molar-refractivity contribution in [2.75, 3.05) is 26.6 Å². The number of thioether (sulfide) groups is 1. The van der Waals surface area contributed by atoms with Crippen molar-refractivity contribution in [1.82, 2.24) is 4.57 Å². The molecule has 0 saturated heterocycles. The molecule has 9 heteroatoms. The second-order valence-electron chi connectivity index (χ2n) is 9.05. The molecule has 7 nitrogen and oxygen atoms in total. The Morgan fingerprint density at radius 3 is 2.44 bits per heavy atom. The highest BCUT2D eigenvalue weighted by Gasteiger charge is 2.35. The molecular weight excluding hydrogens is 556 g/mol. The minimum atomic E-state index is -0.714. The molecule has 0 saturated carbocycles. The van der Waals surface area contributed by atoms with E-state index in [9.17, 15) is 9.59 Å². The lowest BCUT2D eigenvalue weighted by molar-refractivity contribution is -0.138. The largest absolute Gasteiger partial charge is 0.493 e. The maximum absolute atomic E-state index is 14.1. The first-order valence-corrected chi connectivity index (χ1v) is 15.3. The Hall–Kier alpha value is -4.08. The van der Waals surface area contributed by atoms with Crippen LogP contribution in [0.15, 0.2) is 93.1 Å². The van der Waals surface area contributed by atoms with E-state index < -0.39 is 12.0 Å². The minimum absolute atomic E-state index is 0.201. The van der Waals surface area contributed by atoms with Crippen LogP contribution in [-0.4, -0.2) is 37.1 Å². The first kappa shape index (κ1) is 28.4. The quantitative estimate of drug-likeness (QED) is 0.201. The highest BCUT2D eigenvalue weighted by Crippen LogP contribution is 2.36. The zero-order chi connectivity index (χ0) is 28.9. The van der Waals surface area contributed by atoms with Gasteiger partial charge >= 0.3 is 5.97 Å². The topological polar surface area (TPSA) is 79.1 Å². The predicted octanol–water partition coefficient (Wildman–Crippen LogP) is 5.06. The van der Waals surface area contributed by atoms with Gasteiger partial charge in [-0.25, -0.2) is 9.79 Å². The monoisotopic (exact) mass is 586 g/mol. The molecule has 2 heterocycles. The Labute approximate surface area is 246 Å². The third-order valence-corrected chi connectivity index (χ3v) is 8.32. The van der Waals surface area contributed by atoms with E-state index in [1.54, 1.807) is 30.4 Å². The normalized spacial score (nSPS) is 14.8. The van der Waals surface area contributed by atoms with Crippen molar-refractivity contribution >= 4 is 40.8 Å². The van der Waals surface area contributed by atoms with Crippen molar-refractivity contribution in [2.24, 2.45) is 4.99 Å². The van der Waals surface area contributed by atoms with Crippen molar-refractivity contribution in [1.29, 1.82) is 0 Å². The van der Waals surface area contributed by atoms with E-state index in [4.69, 9.17) is 19.2 Å². The maximum Gasteiger partial charge on any atom is 0.338 e. The first-order valence-electron chi connectivity index (χ1n) is 13.2. The van der Waals surface area contributed by atoms with Crippen LogP contribution in [0.2, 0.25) is 0 Å². The van der Waals surface area contributed by atoms with Crippen molar-refractivity contribution in [2.45, 2.75) is 24.8 Å². The number of benzene rings is 3. The Kier molecular flexibility index (Phi) is 8.75. The third-order valence-electron chi connectivity index (χ3n) is 6.59. The number of esters is 1. The number of carbonyl (C=O) groups excluding carboxylic acids is 1. The summed E-state index contributed by atoms with van der Waals surface area (Å²) in [6.07, 6.45) is 3.82. The number of hydrogen-bond donors (Lipinski definition) is 0. The summed E-state index contributed by atoms with van der Waals surface area (Å²) in [6.45, 7) is 4.39. The number of carbonyl (C=O) groups is 1. The SMILES string of the molecule is CCOC(=O)C1=C(c2ccccc2)N=c2s/c(=C\c3ccc(OCC)c(OC)c3)c(=O)n2[C@H]1c1ccc(SC)cc1. The molecule has 5 rings (SSSR count). The Bertz CT molecular complexity index is 1770. The zero-order valence-corrected chi connectivity index (χ0v) is 24.9. The summed E-state index contributed by atoms with van der Waals surface area (Å²) in [5.41, 5.74) is 2.94. The van der Waals surface area contributed by atoms with Crippen molar-refractivity contribution in [3.63, 3.8) is 0 Å². The number of aromatic nitrogens is 1. The van der Waals surface area contributed by atoms with Crippen LogP contribution >= 0.6 is 23.1 Å². The summed E-state index contributed by atoms with van der Waals surface area (Å²) >= 11 is 2.91. The molecule has 0 amide bonds. The lowest BCUT2D eigenvalue weighted by Crippen LogP contribution is -2.40. The van der Waals surface area contributed by atoms with Crippen LogP contribution in [0.3, 0.4) is 0 Å². The lowest BCUT2D eigenvalue weighted by Gasteiger charge is -2.26. The highest BCUT2D eigenvalue weighted by molar-refractivity contribution is 7.98. The number of ether oxygens (including phenoxy) is 3. The summed E-state index contributed by atoms with van der Waals surface area (Å²) in [5.74, 6) is 0.713. The smallest absolute Gasteiger partial charge is 0.338 e. The van der Waals surface area contributed by atoms with Crippen LogP contribution in [0.1, 0.15) is 36.6 Å². The molecule has 41 heavy (non-hydrogen) atoms. The highest BCUT2D eigenvalue weighted by atomic mass is 32.2. The van der Waals surface area contributed by atoms with Gasteiger partial charge in [0.05, 0.1) is 42.2 Å². The summed E-state index contributed by atoms with van der Waals surface area (Å²) in [6, 6.07) is 22.3. The molecule has 4 aromatic rings. The van der Waals surface area contributed by atoms with Gasteiger partial charge in [-0.15, -0.1) is 11.8 Å². The van der Waals surface area contributed by atoms with Gasteiger partial charge in [0.2, 0.25) is 0 Å². The van der Waals surface area contributed by atoms with Crippen LogP contribution in [0, 0.1) is 0 Å². The molecule has 0 bridgehead atoms. The van der Waals surface area contributed by atoms with Crippen LogP contribution < -0.4 is 24.4 Å². The molecule has 0 spiro atoms. The molecule has 210 valence electrons. The Morgan fingerprint density at radius 1 is 1.02 bits per heavy atom.